The molecule has 0 spiro atoms. The Morgan fingerprint density at radius 1 is 1.05 bits per heavy atom. The van der Waals surface area contributed by atoms with Gasteiger partial charge in [-0.2, -0.15) is 13.2 Å². The fourth-order valence-electron chi connectivity index (χ4n) is 5.33. The van der Waals surface area contributed by atoms with Crippen molar-refractivity contribution in [1.29, 1.82) is 0 Å². The summed E-state index contributed by atoms with van der Waals surface area (Å²) in [6.07, 6.45) is -3.70. The van der Waals surface area contributed by atoms with Crippen LogP contribution in [0.4, 0.5) is 28.0 Å². The van der Waals surface area contributed by atoms with E-state index in [0.717, 1.165) is 29.7 Å². The van der Waals surface area contributed by atoms with Gasteiger partial charge in [0.05, 0.1) is 18.2 Å². The van der Waals surface area contributed by atoms with Gasteiger partial charge in [0.15, 0.2) is 0 Å². The Labute approximate surface area is 227 Å². The maximum Gasteiger partial charge on any atom is 0.416 e. The van der Waals surface area contributed by atoms with Crippen LogP contribution < -0.4 is 5.32 Å². The summed E-state index contributed by atoms with van der Waals surface area (Å²) in [6, 6.07) is 11.9. The van der Waals surface area contributed by atoms with Gasteiger partial charge >= 0.3 is 12.2 Å². The number of hydrogen-bond donors (Lipinski definition) is 1. The first kappa shape index (κ1) is 27.1. The second kappa shape index (κ2) is 11.0. The van der Waals surface area contributed by atoms with Crippen LogP contribution in [0.5, 0.6) is 0 Å². The number of hydrogen-bond acceptors (Lipinski definition) is 4. The van der Waals surface area contributed by atoms with E-state index in [1.54, 1.807) is 29.2 Å². The first-order valence-electron chi connectivity index (χ1n) is 12.7. The Balaban J connectivity index is 1.23. The number of fused-ring (bicyclic) bond motifs is 1. The predicted molar refractivity (Wildman–Crippen MR) is 141 cm³/mol. The average molecular weight is 561 g/mol. The molecule has 2 aliphatic heterocycles. The summed E-state index contributed by atoms with van der Waals surface area (Å²) in [7, 11) is 0. The van der Waals surface area contributed by atoms with Crippen molar-refractivity contribution in [3.8, 4) is 0 Å². The molecule has 11 heteroatoms. The van der Waals surface area contributed by atoms with Crippen LogP contribution in [0.3, 0.4) is 0 Å². The van der Waals surface area contributed by atoms with Crippen molar-refractivity contribution in [2.24, 2.45) is 0 Å². The summed E-state index contributed by atoms with van der Waals surface area (Å²) in [5.41, 5.74) is 1.11. The highest BCUT2D eigenvalue weighted by molar-refractivity contribution is 7.10. The molecule has 0 radical (unpaired) electrons. The number of rotatable bonds is 4. The molecular formula is C28H28F4N4O2S. The van der Waals surface area contributed by atoms with Gasteiger partial charge in [-0.05, 0) is 66.2 Å². The summed E-state index contributed by atoms with van der Waals surface area (Å²) in [4.78, 5) is 32.8. The quantitative estimate of drug-likeness (QED) is 0.422. The molecule has 0 aliphatic carbocycles. The van der Waals surface area contributed by atoms with E-state index in [2.05, 4.69) is 10.2 Å². The third-order valence-corrected chi connectivity index (χ3v) is 8.25. The van der Waals surface area contributed by atoms with E-state index in [0.29, 0.717) is 19.6 Å². The lowest BCUT2D eigenvalue weighted by molar-refractivity contribution is -0.137. The average Bonchev–Trinajstić information content (AvgIpc) is 3.37. The van der Waals surface area contributed by atoms with E-state index in [4.69, 9.17) is 0 Å². The fourth-order valence-corrected chi connectivity index (χ4v) is 6.24. The van der Waals surface area contributed by atoms with Crippen LogP contribution in [0.15, 0.2) is 60.0 Å². The zero-order valence-corrected chi connectivity index (χ0v) is 22.1. The summed E-state index contributed by atoms with van der Waals surface area (Å²) in [5.74, 6) is -0.408. The van der Waals surface area contributed by atoms with Crippen molar-refractivity contribution >= 4 is 29.0 Å². The number of benzene rings is 2. The van der Waals surface area contributed by atoms with Gasteiger partial charge in [-0.1, -0.05) is 18.2 Å². The Bertz CT molecular complexity index is 1360. The molecule has 2 aromatic carbocycles. The van der Waals surface area contributed by atoms with E-state index >= 15 is 0 Å². The molecule has 206 valence electrons. The molecule has 1 aromatic heterocycles. The van der Waals surface area contributed by atoms with Gasteiger partial charge in [0.25, 0.3) is 0 Å². The van der Waals surface area contributed by atoms with Crippen molar-refractivity contribution in [1.82, 2.24) is 14.7 Å². The van der Waals surface area contributed by atoms with Crippen LogP contribution >= 0.6 is 11.3 Å². The molecule has 1 saturated heterocycles. The molecule has 5 rings (SSSR count). The van der Waals surface area contributed by atoms with Crippen LogP contribution in [0.1, 0.15) is 34.5 Å². The number of carbonyl (C=O) groups is 2. The second-order valence-electron chi connectivity index (χ2n) is 9.87. The molecule has 39 heavy (non-hydrogen) atoms. The monoisotopic (exact) mass is 560 g/mol. The third kappa shape index (κ3) is 5.94. The summed E-state index contributed by atoms with van der Waals surface area (Å²) in [6.45, 7) is 3.48. The van der Waals surface area contributed by atoms with Crippen molar-refractivity contribution in [2.75, 3.05) is 38.0 Å². The molecule has 3 aromatic rings. The van der Waals surface area contributed by atoms with Gasteiger partial charge < -0.3 is 15.1 Å². The zero-order chi connectivity index (χ0) is 27.7. The van der Waals surface area contributed by atoms with Crippen LogP contribution in [-0.4, -0.2) is 65.4 Å². The Hall–Kier alpha value is -3.44. The minimum absolute atomic E-state index is 0.0572. The number of piperazine rings is 1. The van der Waals surface area contributed by atoms with Gasteiger partial charge in [-0.15, -0.1) is 11.3 Å². The number of nitrogens with one attached hydrogen (secondary N) is 1. The first-order valence-corrected chi connectivity index (χ1v) is 13.6. The zero-order valence-electron chi connectivity index (χ0n) is 21.2. The van der Waals surface area contributed by atoms with E-state index in [1.807, 2.05) is 17.5 Å². The van der Waals surface area contributed by atoms with Crippen LogP contribution in [0.2, 0.25) is 0 Å². The number of amides is 3. The number of halogens is 4. The van der Waals surface area contributed by atoms with Gasteiger partial charge in [-0.25, -0.2) is 9.18 Å². The van der Waals surface area contributed by atoms with Gasteiger partial charge in [0.2, 0.25) is 5.91 Å². The predicted octanol–water partition coefficient (Wildman–Crippen LogP) is 5.62. The summed E-state index contributed by atoms with van der Waals surface area (Å²) >= 11 is 1.67. The summed E-state index contributed by atoms with van der Waals surface area (Å²) in [5, 5.41) is 4.57. The lowest BCUT2D eigenvalue weighted by Crippen LogP contribution is -2.58. The largest absolute Gasteiger partial charge is 0.416 e. The topological polar surface area (TPSA) is 55.9 Å². The fraction of sp³-hybridized carbons (Fsp3) is 0.357. The van der Waals surface area contributed by atoms with Crippen molar-refractivity contribution in [2.45, 2.75) is 31.6 Å². The molecule has 3 amide bonds. The minimum atomic E-state index is -4.51. The number of anilines is 1. The normalized spacial score (nSPS) is 20.0. The maximum atomic E-state index is 14.1. The molecule has 6 nitrogen and oxygen atoms in total. The molecule has 3 heterocycles. The highest BCUT2D eigenvalue weighted by Gasteiger charge is 2.35. The molecule has 2 atom stereocenters. The van der Waals surface area contributed by atoms with E-state index in [1.165, 1.54) is 34.0 Å². The number of carbonyl (C=O) groups excluding carboxylic acids is 2. The third-order valence-electron chi connectivity index (χ3n) is 7.25. The Kier molecular flexibility index (Phi) is 7.64. The molecule has 0 saturated carbocycles. The number of nitrogens with zero attached hydrogens (tertiary/aromatic N) is 3. The number of urea groups is 1. The van der Waals surface area contributed by atoms with Crippen molar-refractivity contribution < 1.29 is 27.2 Å². The van der Waals surface area contributed by atoms with Crippen LogP contribution in [-0.2, 0) is 17.4 Å². The van der Waals surface area contributed by atoms with Crippen LogP contribution in [0, 0.1) is 5.82 Å². The molecule has 2 aliphatic rings. The standard InChI is InChI=1S/C28H28F4N4O2S/c1-18-16-34(11-12-36(18)27(38)33-22-7-3-5-20(15-22)28(30,31)32)25(37)17-35-10-8-24-23(9-13-39-24)26(35)19-4-2-6-21(29)14-19/h2-7,9,13-15,18,26H,8,10-12,16-17H2,1H3,(H,33,38)/t18-,26+/m1/s1. The van der Waals surface area contributed by atoms with E-state index < -0.39 is 17.8 Å². The SMILES string of the molecule is C[C@@H]1CN(C(=O)CN2CCc3sccc3[C@@H]2c2cccc(F)c2)CCN1C(=O)Nc1cccc(C(F)(F)F)c1. The molecule has 0 bridgehead atoms. The summed E-state index contributed by atoms with van der Waals surface area (Å²) < 4.78 is 53.2. The molecule has 0 unspecified atom stereocenters. The number of alkyl halides is 3. The first-order chi connectivity index (χ1) is 18.6. The molecular weight excluding hydrogens is 532 g/mol. The lowest BCUT2D eigenvalue weighted by Gasteiger charge is -2.41. The number of thiophene rings is 1. The lowest BCUT2D eigenvalue weighted by atomic mass is 9.93. The van der Waals surface area contributed by atoms with Gasteiger partial charge in [-0.3, -0.25) is 9.69 Å². The maximum absolute atomic E-state index is 14.1. The van der Waals surface area contributed by atoms with Crippen molar-refractivity contribution in [3.63, 3.8) is 0 Å². The van der Waals surface area contributed by atoms with Crippen molar-refractivity contribution in [3.05, 3.63) is 87.4 Å². The Morgan fingerprint density at radius 3 is 2.59 bits per heavy atom. The van der Waals surface area contributed by atoms with Crippen LogP contribution in [0.25, 0.3) is 0 Å². The van der Waals surface area contributed by atoms with Gasteiger partial charge in [0.1, 0.15) is 5.82 Å². The smallest absolute Gasteiger partial charge is 0.338 e. The van der Waals surface area contributed by atoms with Gasteiger partial charge in [0, 0.05) is 42.8 Å². The van der Waals surface area contributed by atoms with E-state index in [-0.39, 0.29) is 42.6 Å². The highest BCUT2D eigenvalue weighted by Crippen LogP contribution is 2.38. The molecule has 1 N–H and O–H groups in total. The van der Waals surface area contributed by atoms with E-state index in [9.17, 15) is 27.2 Å². The second-order valence-corrected chi connectivity index (χ2v) is 10.9. The minimum Gasteiger partial charge on any atom is -0.338 e. The Morgan fingerprint density at radius 2 is 1.85 bits per heavy atom. The highest BCUT2D eigenvalue weighted by atomic mass is 32.1. The molecule has 1 fully saturated rings.